The van der Waals surface area contributed by atoms with Gasteiger partial charge < -0.3 is 10.1 Å². The Labute approximate surface area is 152 Å². The second-order valence-corrected chi connectivity index (χ2v) is 6.47. The fourth-order valence-corrected chi connectivity index (χ4v) is 3.31. The lowest BCUT2D eigenvalue weighted by atomic mass is 9.90. The van der Waals surface area contributed by atoms with E-state index in [1.54, 1.807) is 6.20 Å². The van der Waals surface area contributed by atoms with Gasteiger partial charge in [-0.1, -0.05) is 30.3 Å². The molecule has 0 aliphatic carbocycles. The van der Waals surface area contributed by atoms with Crippen LogP contribution in [0.15, 0.2) is 67.0 Å². The number of aromatic nitrogens is 2. The van der Waals surface area contributed by atoms with E-state index >= 15 is 0 Å². The summed E-state index contributed by atoms with van der Waals surface area (Å²) in [5.41, 5.74) is 3.21. The molecule has 1 aliphatic rings. The molecule has 3 aromatic rings. The number of para-hydroxylation sites is 1. The lowest BCUT2D eigenvalue weighted by Crippen LogP contribution is -2.26. The maximum Gasteiger partial charge on any atom is 0.220 e. The minimum Gasteiger partial charge on any atom is -0.493 e. The van der Waals surface area contributed by atoms with E-state index in [4.69, 9.17) is 4.74 Å². The Bertz CT molecular complexity index is 873. The minimum absolute atomic E-state index is 0.0721. The Morgan fingerprint density at radius 1 is 1.15 bits per heavy atom. The largest absolute Gasteiger partial charge is 0.493 e. The standard InChI is InChI=1S/C21H21N3O2/c25-21(14-17-10-13-26-20-5-2-1-4-19(17)20)22-15-16-6-8-18(9-7-16)24-12-3-11-23-24/h1-9,11-12,17H,10,13-15H2,(H,22,25). The molecule has 0 spiro atoms. The van der Waals surface area contributed by atoms with E-state index < -0.39 is 0 Å². The molecular formula is C21H21N3O2. The number of benzene rings is 2. The molecule has 1 N–H and O–H groups in total. The number of hydrogen-bond acceptors (Lipinski definition) is 3. The molecule has 2 heterocycles. The Balaban J connectivity index is 1.33. The predicted octanol–water partition coefficient (Wildman–Crippen LogP) is 3.44. The van der Waals surface area contributed by atoms with E-state index in [1.165, 1.54) is 0 Å². The molecule has 26 heavy (non-hydrogen) atoms. The summed E-state index contributed by atoms with van der Waals surface area (Å²) in [6.45, 7) is 1.20. The van der Waals surface area contributed by atoms with Crippen LogP contribution in [0.5, 0.6) is 5.75 Å². The molecule has 1 aromatic heterocycles. The van der Waals surface area contributed by atoms with Gasteiger partial charge in [-0.2, -0.15) is 5.10 Å². The first kappa shape index (κ1) is 16.4. The van der Waals surface area contributed by atoms with E-state index in [-0.39, 0.29) is 11.8 Å². The highest BCUT2D eigenvalue weighted by Gasteiger charge is 2.23. The zero-order valence-corrected chi connectivity index (χ0v) is 14.5. The minimum atomic E-state index is 0.0721. The van der Waals surface area contributed by atoms with Crippen molar-refractivity contribution >= 4 is 5.91 Å². The van der Waals surface area contributed by atoms with Gasteiger partial charge in [0.25, 0.3) is 0 Å². The van der Waals surface area contributed by atoms with Crippen LogP contribution in [0.1, 0.15) is 29.9 Å². The third-order valence-corrected chi connectivity index (χ3v) is 4.71. The van der Waals surface area contributed by atoms with Gasteiger partial charge in [-0.25, -0.2) is 4.68 Å². The molecule has 1 amide bonds. The third kappa shape index (κ3) is 3.61. The number of rotatable bonds is 5. The molecular weight excluding hydrogens is 326 g/mol. The maximum absolute atomic E-state index is 12.4. The Hall–Kier alpha value is -3.08. The summed E-state index contributed by atoms with van der Waals surface area (Å²) in [5, 5.41) is 7.24. The number of nitrogens with one attached hydrogen (secondary N) is 1. The average molecular weight is 347 g/mol. The Kier molecular flexibility index (Phi) is 4.69. The lowest BCUT2D eigenvalue weighted by molar-refractivity contribution is -0.121. The Morgan fingerprint density at radius 2 is 2.00 bits per heavy atom. The van der Waals surface area contributed by atoms with Crippen molar-refractivity contribution in [2.75, 3.05) is 6.61 Å². The van der Waals surface area contributed by atoms with Crippen LogP contribution in [-0.2, 0) is 11.3 Å². The first-order valence-electron chi connectivity index (χ1n) is 8.87. The smallest absolute Gasteiger partial charge is 0.220 e. The molecule has 1 atom stereocenters. The van der Waals surface area contributed by atoms with Gasteiger partial charge in [0, 0.05) is 25.4 Å². The third-order valence-electron chi connectivity index (χ3n) is 4.71. The summed E-state index contributed by atoms with van der Waals surface area (Å²) >= 11 is 0. The predicted molar refractivity (Wildman–Crippen MR) is 99.3 cm³/mol. The van der Waals surface area contributed by atoms with Crippen LogP contribution in [0, 0.1) is 0 Å². The molecule has 132 valence electrons. The van der Waals surface area contributed by atoms with Crippen molar-refractivity contribution in [2.45, 2.75) is 25.3 Å². The fourth-order valence-electron chi connectivity index (χ4n) is 3.31. The van der Waals surface area contributed by atoms with Crippen LogP contribution in [-0.4, -0.2) is 22.3 Å². The normalized spacial score (nSPS) is 15.8. The highest BCUT2D eigenvalue weighted by atomic mass is 16.5. The number of nitrogens with zero attached hydrogens (tertiary/aromatic N) is 2. The van der Waals surface area contributed by atoms with E-state index in [1.807, 2.05) is 59.4 Å². The van der Waals surface area contributed by atoms with Crippen molar-refractivity contribution in [1.29, 1.82) is 0 Å². The van der Waals surface area contributed by atoms with Crippen LogP contribution >= 0.6 is 0 Å². The van der Waals surface area contributed by atoms with E-state index in [0.29, 0.717) is 19.6 Å². The molecule has 5 heteroatoms. The first-order valence-corrected chi connectivity index (χ1v) is 8.87. The molecule has 0 saturated heterocycles. The average Bonchev–Trinajstić information content (AvgIpc) is 3.22. The van der Waals surface area contributed by atoms with Gasteiger partial charge >= 0.3 is 0 Å². The van der Waals surface area contributed by atoms with Gasteiger partial charge in [-0.3, -0.25) is 4.79 Å². The van der Waals surface area contributed by atoms with Crippen molar-refractivity contribution in [3.63, 3.8) is 0 Å². The van der Waals surface area contributed by atoms with Crippen LogP contribution in [0.25, 0.3) is 5.69 Å². The molecule has 0 fully saturated rings. The van der Waals surface area contributed by atoms with E-state index in [0.717, 1.165) is 29.0 Å². The second-order valence-electron chi connectivity index (χ2n) is 6.47. The van der Waals surface area contributed by atoms with Gasteiger partial charge in [0.2, 0.25) is 5.91 Å². The molecule has 0 saturated carbocycles. The molecule has 2 aromatic carbocycles. The molecule has 1 unspecified atom stereocenters. The zero-order chi connectivity index (χ0) is 17.8. The Morgan fingerprint density at radius 3 is 2.81 bits per heavy atom. The number of carbonyl (C=O) groups is 1. The van der Waals surface area contributed by atoms with Crippen molar-refractivity contribution in [2.24, 2.45) is 0 Å². The molecule has 5 nitrogen and oxygen atoms in total. The SMILES string of the molecule is O=C(CC1CCOc2ccccc21)NCc1ccc(-n2cccn2)cc1. The summed E-state index contributed by atoms with van der Waals surface area (Å²) in [5.74, 6) is 1.20. The number of amides is 1. The summed E-state index contributed by atoms with van der Waals surface area (Å²) in [6.07, 6.45) is 5.03. The number of ether oxygens (including phenoxy) is 1. The van der Waals surface area contributed by atoms with Gasteiger partial charge in [0.1, 0.15) is 5.75 Å². The fraction of sp³-hybridized carbons (Fsp3) is 0.238. The van der Waals surface area contributed by atoms with E-state index in [9.17, 15) is 4.79 Å². The van der Waals surface area contributed by atoms with Gasteiger partial charge in [-0.15, -0.1) is 0 Å². The molecule has 0 radical (unpaired) electrons. The highest BCUT2D eigenvalue weighted by Crippen LogP contribution is 2.35. The monoisotopic (exact) mass is 347 g/mol. The number of hydrogen-bond donors (Lipinski definition) is 1. The summed E-state index contributed by atoms with van der Waals surface area (Å²) in [4.78, 5) is 12.4. The molecule has 1 aliphatic heterocycles. The van der Waals surface area contributed by atoms with Crippen LogP contribution < -0.4 is 10.1 Å². The van der Waals surface area contributed by atoms with Crippen molar-refractivity contribution in [3.8, 4) is 11.4 Å². The summed E-state index contributed by atoms with van der Waals surface area (Å²) in [7, 11) is 0. The van der Waals surface area contributed by atoms with Gasteiger partial charge in [0.15, 0.2) is 0 Å². The number of fused-ring (bicyclic) bond motifs is 1. The number of carbonyl (C=O) groups excluding carboxylic acids is 1. The summed E-state index contributed by atoms with van der Waals surface area (Å²) < 4.78 is 7.48. The van der Waals surface area contributed by atoms with Crippen molar-refractivity contribution in [3.05, 3.63) is 78.1 Å². The van der Waals surface area contributed by atoms with Gasteiger partial charge in [-0.05, 0) is 47.7 Å². The van der Waals surface area contributed by atoms with Crippen molar-refractivity contribution < 1.29 is 9.53 Å². The lowest BCUT2D eigenvalue weighted by Gasteiger charge is -2.25. The van der Waals surface area contributed by atoms with Crippen LogP contribution in [0.3, 0.4) is 0 Å². The first-order chi connectivity index (χ1) is 12.8. The molecule has 0 bridgehead atoms. The van der Waals surface area contributed by atoms with Crippen LogP contribution in [0.4, 0.5) is 0 Å². The van der Waals surface area contributed by atoms with E-state index in [2.05, 4.69) is 16.5 Å². The topological polar surface area (TPSA) is 56.1 Å². The second kappa shape index (κ2) is 7.44. The van der Waals surface area contributed by atoms with Crippen molar-refractivity contribution in [1.82, 2.24) is 15.1 Å². The van der Waals surface area contributed by atoms with Crippen LogP contribution in [0.2, 0.25) is 0 Å². The van der Waals surface area contributed by atoms with Gasteiger partial charge in [0.05, 0.1) is 12.3 Å². The summed E-state index contributed by atoms with van der Waals surface area (Å²) in [6, 6.07) is 17.9. The maximum atomic E-state index is 12.4. The molecule has 4 rings (SSSR count). The quantitative estimate of drug-likeness (QED) is 0.769. The zero-order valence-electron chi connectivity index (χ0n) is 14.5. The highest BCUT2D eigenvalue weighted by molar-refractivity contribution is 5.77.